The number of ether oxygens (including phenoxy) is 1. The zero-order valence-corrected chi connectivity index (χ0v) is 8.34. The van der Waals surface area contributed by atoms with E-state index in [0.29, 0.717) is 6.07 Å². The molecule has 4 nitrogen and oxygen atoms in total. The van der Waals surface area contributed by atoms with Crippen LogP contribution in [0.3, 0.4) is 0 Å². The van der Waals surface area contributed by atoms with Crippen LogP contribution in [0.25, 0.3) is 0 Å². The van der Waals surface area contributed by atoms with E-state index in [1.165, 1.54) is 0 Å². The Labute approximate surface area is 93.4 Å². The second kappa shape index (κ2) is 4.89. The maximum atomic E-state index is 12.9. The average molecular weight is 252 g/mol. The summed E-state index contributed by atoms with van der Waals surface area (Å²) in [5.41, 5.74) is 4.86. The van der Waals surface area contributed by atoms with Gasteiger partial charge in [-0.05, 0) is 17.7 Å². The molecule has 94 valence electrons. The van der Waals surface area contributed by atoms with E-state index in [1.54, 1.807) is 0 Å². The minimum atomic E-state index is -4.90. The van der Waals surface area contributed by atoms with Crippen LogP contribution < -0.4 is 15.8 Å². The summed E-state index contributed by atoms with van der Waals surface area (Å²) in [6, 6.07) is 1.62. The van der Waals surface area contributed by atoms with E-state index in [2.05, 4.69) is 10.1 Å². The fourth-order valence-corrected chi connectivity index (χ4v) is 1.10. The van der Waals surface area contributed by atoms with Crippen LogP contribution in [0.2, 0.25) is 0 Å². The summed E-state index contributed by atoms with van der Waals surface area (Å²) >= 11 is 0. The van der Waals surface area contributed by atoms with Crippen molar-refractivity contribution in [3.8, 4) is 5.75 Å². The van der Waals surface area contributed by atoms with Crippen LogP contribution >= 0.6 is 0 Å². The van der Waals surface area contributed by atoms with Crippen molar-refractivity contribution in [3.63, 3.8) is 0 Å². The van der Waals surface area contributed by atoms with Crippen LogP contribution in [0.15, 0.2) is 18.2 Å². The minimum absolute atomic E-state index is 0.100. The van der Waals surface area contributed by atoms with Crippen LogP contribution in [0.4, 0.5) is 22.4 Å². The Morgan fingerprint density at radius 2 is 2.00 bits per heavy atom. The van der Waals surface area contributed by atoms with Crippen LogP contribution in [-0.2, 0) is 6.54 Å². The molecule has 0 bridgehead atoms. The lowest BCUT2D eigenvalue weighted by molar-refractivity contribution is -0.274. The zero-order chi connectivity index (χ0) is 13.1. The number of hydrogen-bond donors (Lipinski definition) is 2. The highest BCUT2D eigenvalue weighted by Crippen LogP contribution is 2.24. The predicted molar refractivity (Wildman–Crippen MR) is 49.5 cm³/mol. The molecule has 2 amide bonds. The molecule has 0 spiro atoms. The quantitative estimate of drug-likeness (QED) is 0.807. The Hall–Kier alpha value is -1.99. The highest BCUT2D eigenvalue weighted by molar-refractivity contribution is 5.71. The maximum absolute atomic E-state index is 12.9. The van der Waals surface area contributed by atoms with Gasteiger partial charge in [0, 0.05) is 12.6 Å². The van der Waals surface area contributed by atoms with Gasteiger partial charge in [0.25, 0.3) is 0 Å². The van der Waals surface area contributed by atoms with Crippen LogP contribution in [0, 0.1) is 5.82 Å². The molecule has 8 heteroatoms. The normalized spacial score (nSPS) is 11.1. The van der Waals surface area contributed by atoms with Crippen molar-refractivity contribution in [2.45, 2.75) is 12.9 Å². The van der Waals surface area contributed by atoms with Gasteiger partial charge in [-0.1, -0.05) is 0 Å². The summed E-state index contributed by atoms with van der Waals surface area (Å²) in [5.74, 6) is -1.60. The highest BCUT2D eigenvalue weighted by atomic mass is 19.4. The van der Waals surface area contributed by atoms with Crippen molar-refractivity contribution in [2.24, 2.45) is 5.73 Å². The molecular formula is C9H8F4N2O2. The number of benzene rings is 1. The molecule has 1 aromatic rings. The Bertz CT molecular complexity index is 420. The van der Waals surface area contributed by atoms with E-state index < -0.39 is 24.0 Å². The van der Waals surface area contributed by atoms with Crippen molar-refractivity contribution in [1.29, 1.82) is 0 Å². The second-order valence-corrected chi connectivity index (χ2v) is 3.06. The first-order valence-electron chi connectivity index (χ1n) is 4.35. The number of alkyl halides is 3. The lowest BCUT2D eigenvalue weighted by Gasteiger charge is -2.10. The average Bonchev–Trinajstić information content (AvgIpc) is 2.10. The minimum Gasteiger partial charge on any atom is -0.406 e. The van der Waals surface area contributed by atoms with Crippen molar-refractivity contribution >= 4 is 6.03 Å². The molecule has 0 saturated carbocycles. The number of nitrogens with two attached hydrogens (primary N) is 1. The Morgan fingerprint density at radius 1 is 1.35 bits per heavy atom. The first-order chi connectivity index (χ1) is 7.76. The molecule has 0 aliphatic rings. The monoisotopic (exact) mass is 252 g/mol. The molecule has 0 fully saturated rings. The predicted octanol–water partition coefficient (Wildman–Crippen LogP) is 1.89. The van der Waals surface area contributed by atoms with Gasteiger partial charge in [0.2, 0.25) is 0 Å². The topological polar surface area (TPSA) is 64.4 Å². The first kappa shape index (κ1) is 13.1. The molecule has 0 saturated heterocycles. The third-order valence-electron chi connectivity index (χ3n) is 1.63. The molecule has 17 heavy (non-hydrogen) atoms. The van der Waals surface area contributed by atoms with Crippen molar-refractivity contribution in [3.05, 3.63) is 29.6 Å². The molecule has 0 heterocycles. The highest BCUT2D eigenvalue weighted by Gasteiger charge is 2.31. The molecule has 0 aliphatic carbocycles. The number of hydrogen-bond acceptors (Lipinski definition) is 2. The van der Waals surface area contributed by atoms with E-state index in [1.807, 2.05) is 0 Å². The van der Waals surface area contributed by atoms with Crippen LogP contribution in [-0.4, -0.2) is 12.4 Å². The number of rotatable bonds is 3. The Kier molecular flexibility index (Phi) is 3.77. The number of halogens is 4. The van der Waals surface area contributed by atoms with Crippen molar-refractivity contribution in [1.82, 2.24) is 5.32 Å². The molecular weight excluding hydrogens is 244 g/mol. The van der Waals surface area contributed by atoms with Gasteiger partial charge in [0.05, 0.1) is 0 Å². The van der Waals surface area contributed by atoms with Crippen molar-refractivity contribution in [2.75, 3.05) is 0 Å². The SMILES string of the molecule is NC(=O)NCc1cc(F)cc(OC(F)(F)F)c1. The number of nitrogens with one attached hydrogen (secondary N) is 1. The summed E-state index contributed by atoms with van der Waals surface area (Å²) in [6.07, 6.45) is -4.90. The molecule has 1 aromatic carbocycles. The second-order valence-electron chi connectivity index (χ2n) is 3.06. The van der Waals surface area contributed by atoms with Crippen LogP contribution in [0.5, 0.6) is 5.75 Å². The summed E-state index contributed by atoms with van der Waals surface area (Å²) < 4.78 is 52.1. The van der Waals surface area contributed by atoms with E-state index in [0.717, 1.165) is 12.1 Å². The van der Waals surface area contributed by atoms with E-state index in [-0.39, 0.29) is 12.1 Å². The molecule has 3 N–H and O–H groups in total. The van der Waals surface area contributed by atoms with Gasteiger partial charge in [0.15, 0.2) is 0 Å². The molecule has 0 unspecified atom stereocenters. The lowest BCUT2D eigenvalue weighted by atomic mass is 10.2. The van der Waals surface area contributed by atoms with Gasteiger partial charge in [-0.3, -0.25) is 0 Å². The third kappa shape index (κ3) is 5.05. The molecule has 1 rings (SSSR count). The Morgan fingerprint density at radius 3 is 2.53 bits per heavy atom. The van der Waals surface area contributed by atoms with Gasteiger partial charge in [-0.25, -0.2) is 9.18 Å². The number of amides is 2. The zero-order valence-electron chi connectivity index (χ0n) is 8.34. The molecule has 0 radical (unpaired) electrons. The van der Waals surface area contributed by atoms with Gasteiger partial charge in [-0.15, -0.1) is 13.2 Å². The fraction of sp³-hybridized carbons (Fsp3) is 0.222. The smallest absolute Gasteiger partial charge is 0.406 e. The molecule has 0 aromatic heterocycles. The molecule has 0 atom stereocenters. The van der Waals surface area contributed by atoms with E-state index >= 15 is 0 Å². The number of carbonyl (C=O) groups excluding carboxylic acids is 1. The summed E-state index contributed by atoms with van der Waals surface area (Å²) in [7, 11) is 0. The largest absolute Gasteiger partial charge is 0.573 e. The van der Waals surface area contributed by atoms with E-state index in [4.69, 9.17) is 5.73 Å². The summed E-state index contributed by atoms with van der Waals surface area (Å²) in [4.78, 5) is 10.4. The Balaban J connectivity index is 2.83. The van der Waals surface area contributed by atoms with Gasteiger partial charge >= 0.3 is 12.4 Å². The summed E-state index contributed by atoms with van der Waals surface area (Å²) in [6.45, 7) is -0.193. The van der Waals surface area contributed by atoms with E-state index in [9.17, 15) is 22.4 Å². The third-order valence-corrected chi connectivity index (χ3v) is 1.63. The van der Waals surface area contributed by atoms with Gasteiger partial charge in [-0.2, -0.15) is 0 Å². The standard InChI is InChI=1S/C9H8F4N2O2/c10-6-1-5(4-15-8(14)16)2-7(3-6)17-9(11,12)13/h1-3H,4H2,(H3,14,15,16). The van der Waals surface area contributed by atoms with Crippen molar-refractivity contribution < 1.29 is 27.1 Å². The van der Waals surface area contributed by atoms with Gasteiger partial charge < -0.3 is 15.8 Å². The van der Waals surface area contributed by atoms with Crippen LogP contribution in [0.1, 0.15) is 5.56 Å². The molecule has 0 aliphatic heterocycles. The lowest BCUT2D eigenvalue weighted by Crippen LogP contribution is -2.28. The first-order valence-corrected chi connectivity index (χ1v) is 4.35. The maximum Gasteiger partial charge on any atom is 0.573 e. The van der Waals surface area contributed by atoms with Gasteiger partial charge in [0.1, 0.15) is 11.6 Å². The number of carbonyl (C=O) groups is 1. The summed E-state index contributed by atoms with van der Waals surface area (Å²) in [5, 5.41) is 2.11. The number of primary amides is 1. The number of urea groups is 1. The fourth-order valence-electron chi connectivity index (χ4n) is 1.10.